The average molecular weight is 219 g/mol. The Labute approximate surface area is 95.7 Å². The van der Waals surface area contributed by atoms with E-state index in [1.807, 2.05) is 43.3 Å². The van der Waals surface area contributed by atoms with Crippen LogP contribution in [0.3, 0.4) is 0 Å². The van der Waals surface area contributed by atoms with E-state index in [0.29, 0.717) is 0 Å². The first-order chi connectivity index (χ1) is 7.58. The lowest BCUT2D eigenvalue weighted by Gasteiger charge is -2.40. The molecule has 0 radical (unpaired) electrons. The number of hydrogen-bond acceptors (Lipinski definition) is 2. The van der Waals surface area contributed by atoms with Crippen LogP contribution in [0.2, 0.25) is 0 Å². The van der Waals surface area contributed by atoms with Gasteiger partial charge in [0.15, 0.2) is 0 Å². The van der Waals surface area contributed by atoms with E-state index < -0.39 is 11.4 Å². The quantitative estimate of drug-likeness (QED) is 0.847. The second kappa shape index (κ2) is 3.81. The maximum absolute atomic E-state index is 11.5. The van der Waals surface area contributed by atoms with Gasteiger partial charge in [-0.25, -0.2) is 0 Å². The van der Waals surface area contributed by atoms with E-state index >= 15 is 0 Å². The zero-order valence-electron chi connectivity index (χ0n) is 9.73. The van der Waals surface area contributed by atoms with Gasteiger partial charge in [0.05, 0.1) is 5.41 Å². The first kappa shape index (κ1) is 11.0. The van der Waals surface area contributed by atoms with Gasteiger partial charge in [-0.05, 0) is 24.5 Å². The van der Waals surface area contributed by atoms with Crippen molar-refractivity contribution in [1.82, 2.24) is 0 Å². The molecule has 1 aliphatic carbocycles. The molecule has 1 aromatic rings. The van der Waals surface area contributed by atoms with Gasteiger partial charge < -0.3 is 10.0 Å². The third-order valence-corrected chi connectivity index (χ3v) is 3.52. The van der Waals surface area contributed by atoms with Crippen molar-refractivity contribution in [2.24, 2.45) is 0 Å². The summed E-state index contributed by atoms with van der Waals surface area (Å²) in [6.45, 7) is 0. The standard InChI is InChI=1S/C13H17NO2/c1-14(2)11-7-4-3-6-10(11)13(12(15)16)8-5-9-13/h3-4,6-7H,5,8-9H2,1-2H3,(H,15,16). The minimum atomic E-state index is -0.687. The fourth-order valence-electron chi connectivity index (χ4n) is 2.40. The smallest absolute Gasteiger partial charge is 0.314 e. The van der Waals surface area contributed by atoms with Gasteiger partial charge in [0, 0.05) is 19.8 Å². The lowest BCUT2D eigenvalue weighted by atomic mass is 9.64. The molecule has 0 atom stereocenters. The molecule has 0 aromatic heterocycles. The number of benzene rings is 1. The van der Waals surface area contributed by atoms with E-state index in [-0.39, 0.29) is 0 Å². The third kappa shape index (κ3) is 1.47. The van der Waals surface area contributed by atoms with Crippen LogP contribution in [0.5, 0.6) is 0 Å². The van der Waals surface area contributed by atoms with Crippen LogP contribution in [0, 0.1) is 0 Å². The summed E-state index contributed by atoms with van der Waals surface area (Å²) in [5, 5.41) is 9.42. The summed E-state index contributed by atoms with van der Waals surface area (Å²) in [5.41, 5.74) is 1.34. The highest BCUT2D eigenvalue weighted by atomic mass is 16.4. The highest BCUT2D eigenvalue weighted by Gasteiger charge is 2.47. The minimum absolute atomic E-state index is 0.638. The maximum atomic E-state index is 11.5. The Bertz CT molecular complexity index is 408. The summed E-state index contributed by atoms with van der Waals surface area (Å²) in [4.78, 5) is 13.4. The molecule has 16 heavy (non-hydrogen) atoms. The third-order valence-electron chi connectivity index (χ3n) is 3.52. The van der Waals surface area contributed by atoms with Crippen molar-refractivity contribution in [3.05, 3.63) is 29.8 Å². The van der Waals surface area contributed by atoms with Crippen molar-refractivity contribution in [2.45, 2.75) is 24.7 Å². The van der Waals surface area contributed by atoms with E-state index in [1.165, 1.54) is 0 Å². The number of aliphatic carboxylic acids is 1. The van der Waals surface area contributed by atoms with Crippen LogP contribution in [0.4, 0.5) is 5.69 Å². The Balaban J connectivity index is 2.50. The summed E-state index contributed by atoms with van der Waals surface area (Å²) in [6, 6.07) is 7.80. The number of carboxylic acid groups (broad SMARTS) is 1. The van der Waals surface area contributed by atoms with E-state index in [1.54, 1.807) is 0 Å². The van der Waals surface area contributed by atoms with Crippen molar-refractivity contribution >= 4 is 11.7 Å². The van der Waals surface area contributed by atoms with Gasteiger partial charge in [-0.15, -0.1) is 0 Å². The number of para-hydroxylation sites is 1. The molecule has 0 bridgehead atoms. The average Bonchev–Trinajstić information content (AvgIpc) is 2.15. The van der Waals surface area contributed by atoms with Crippen LogP contribution in [-0.4, -0.2) is 25.2 Å². The lowest BCUT2D eigenvalue weighted by Crippen LogP contribution is -2.43. The number of rotatable bonds is 3. The van der Waals surface area contributed by atoms with Gasteiger partial charge in [-0.3, -0.25) is 4.79 Å². The van der Waals surface area contributed by atoms with Crippen LogP contribution >= 0.6 is 0 Å². The molecule has 0 unspecified atom stereocenters. The van der Waals surface area contributed by atoms with E-state index in [2.05, 4.69) is 0 Å². The van der Waals surface area contributed by atoms with E-state index in [4.69, 9.17) is 0 Å². The monoisotopic (exact) mass is 219 g/mol. The molecule has 0 aliphatic heterocycles. The number of carbonyl (C=O) groups is 1. The van der Waals surface area contributed by atoms with Crippen LogP contribution in [0.15, 0.2) is 24.3 Å². The molecule has 0 spiro atoms. The molecular formula is C13H17NO2. The first-order valence-electron chi connectivity index (χ1n) is 5.58. The van der Waals surface area contributed by atoms with E-state index in [9.17, 15) is 9.90 Å². The summed E-state index contributed by atoms with van der Waals surface area (Å²) in [7, 11) is 3.90. The molecule has 1 aromatic carbocycles. The van der Waals surface area contributed by atoms with Crippen LogP contribution in [-0.2, 0) is 10.2 Å². The van der Waals surface area contributed by atoms with Crippen LogP contribution < -0.4 is 4.90 Å². The molecule has 0 saturated heterocycles. The molecule has 3 nitrogen and oxygen atoms in total. The molecule has 1 aliphatic rings. The molecule has 86 valence electrons. The number of carboxylic acids is 1. The summed E-state index contributed by atoms with van der Waals surface area (Å²) < 4.78 is 0. The van der Waals surface area contributed by atoms with Gasteiger partial charge in [0.25, 0.3) is 0 Å². The summed E-state index contributed by atoms with van der Waals surface area (Å²) >= 11 is 0. The maximum Gasteiger partial charge on any atom is 0.314 e. The Morgan fingerprint density at radius 2 is 1.94 bits per heavy atom. The predicted molar refractivity (Wildman–Crippen MR) is 63.9 cm³/mol. The van der Waals surface area contributed by atoms with E-state index in [0.717, 1.165) is 30.5 Å². The molecular weight excluding hydrogens is 202 g/mol. The molecule has 3 heteroatoms. The number of hydrogen-bond donors (Lipinski definition) is 1. The molecule has 0 heterocycles. The Morgan fingerprint density at radius 1 is 1.31 bits per heavy atom. The van der Waals surface area contributed by atoms with Crippen molar-refractivity contribution in [3.8, 4) is 0 Å². The van der Waals surface area contributed by atoms with Gasteiger partial charge >= 0.3 is 5.97 Å². The lowest BCUT2D eigenvalue weighted by molar-refractivity contribution is -0.147. The Hall–Kier alpha value is -1.51. The van der Waals surface area contributed by atoms with Crippen LogP contribution in [0.25, 0.3) is 0 Å². The number of nitrogens with zero attached hydrogens (tertiary/aromatic N) is 1. The fraction of sp³-hybridized carbons (Fsp3) is 0.462. The van der Waals surface area contributed by atoms with Gasteiger partial charge in [0.1, 0.15) is 0 Å². The van der Waals surface area contributed by atoms with Crippen molar-refractivity contribution < 1.29 is 9.90 Å². The summed E-state index contributed by atoms with van der Waals surface area (Å²) in [5.74, 6) is -0.687. The normalized spacial score (nSPS) is 17.6. The van der Waals surface area contributed by atoms with Crippen molar-refractivity contribution in [2.75, 3.05) is 19.0 Å². The first-order valence-corrected chi connectivity index (χ1v) is 5.58. The van der Waals surface area contributed by atoms with Gasteiger partial charge in [0.2, 0.25) is 0 Å². The SMILES string of the molecule is CN(C)c1ccccc1C1(C(=O)O)CCC1. The predicted octanol–water partition coefficient (Wildman–Crippen LogP) is 2.26. The summed E-state index contributed by atoms with van der Waals surface area (Å²) in [6.07, 6.45) is 2.52. The molecule has 0 amide bonds. The van der Waals surface area contributed by atoms with Gasteiger partial charge in [-0.1, -0.05) is 24.6 Å². The Morgan fingerprint density at radius 3 is 2.38 bits per heavy atom. The second-order valence-corrected chi connectivity index (χ2v) is 4.65. The minimum Gasteiger partial charge on any atom is -0.481 e. The van der Waals surface area contributed by atoms with Gasteiger partial charge in [-0.2, -0.15) is 0 Å². The topological polar surface area (TPSA) is 40.5 Å². The van der Waals surface area contributed by atoms with Crippen molar-refractivity contribution in [1.29, 1.82) is 0 Å². The molecule has 1 saturated carbocycles. The largest absolute Gasteiger partial charge is 0.481 e. The molecule has 1 fully saturated rings. The molecule has 2 rings (SSSR count). The zero-order chi connectivity index (χ0) is 11.8. The van der Waals surface area contributed by atoms with Crippen molar-refractivity contribution in [3.63, 3.8) is 0 Å². The number of anilines is 1. The highest BCUT2D eigenvalue weighted by Crippen LogP contribution is 2.47. The highest BCUT2D eigenvalue weighted by molar-refractivity contribution is 5.85. The molecule has 1 N–H and O–H groups in total. The van der Waals surface area contributed by atoms with Crippen LogP contribution in [0.1, 0.15) is 24.8 Å². The fourth-order valence-corrected chi connectivity index (χ4v) is 2.40. The Kier molecular flexibility index (Phi) is 2.62. The zero-order valence-corrected chi connectivity index (χ0v) is 9.73. The second-order valence-electron chi connectivity index (χ2n) is 4.65.